The van der Waals surface area contributed by atoms with Gasteiger partial charge in [0.25, 0.3) is 0 Å². The van der Waals surface area contributed by atoms with Gasteiger partial charge in [-0.25, -0.2) is 0 Å². The highest BCUT2D eigenvalue weighted by molar-refractivity contribution is 9.11. The molecule has 0 N–H and O–H groups in total. The number of carbonyl (C=O) groups excluding carboxylic acids is 1. The van der Waals surface area contributed by atoms with E-state index in [-0.39, 0.29) is 5.78 Å². The third-order valence-electron chi connectivity index (χ3n) is 4.20. The molecule has 0 aliphatic carbocycles. The molecule has 0 aliphatic rings. The van der Waals surface area contributed by atoms with Crippen LogP contribution in [0.3, 0.4) is 0 Å². The normalized spacial score (nSPS) is 11.1. The van der Waals surface area contributed by atoms with Crippen LogP contribution < -0.4 is 0 Å². The second kappa shape index (κ2) is 6.15. The van der Waals surface area contributed by atoms with E-state index in [0.717, 1.165) is 30.5 Å². The highest BCUT2D eigenvalue weighted by atomic mass is 79.9. The van der Waals surface area contributed by atoms with E-state index in [2.05, 4.69) is 31.9 Å². The second-order valence-corrected chi connectivity index (χ2v) is 7.32. The van der Waals surface area contributed by atoms with Crippen molar-refractivity contribution in [2.24, 2.45) is 0 Å². The first kappa shape index (κ1) is 15.6. The zero-order chi connectivity index (χ0) is 16.7. The number of ketones is 1. The topological polar surface area (TPSA) is 17.1 Å². The third kappa shape index (κ3) is 2.48. The SMILES string of the molecule is O=C(c1cccc2cccc(Br)c12)c1cccc2cccc(Br)c12. The standard InChI is InChI=1S/C21H12Br2O/c22-17-11-3-7-13-5-1-9-15(19(13)17)21(24)16-10-2-6-14-8-4-12-18(23)20(14)16/h1-12H. The molecule has 3 heteroatoms. The van der Waals surface area contributed by atoms with Crippen molar-refractivity contribution in [2.75, 3.05) is 0 Å². The fourth-order valence-electron chi connectivity index (χ4n) is 3.11. The Morgan fingerprint density at radius 1 is 0.583 bits per heavy atom. The van der Waals surface area contributed by atoms with Gasteiger partial charge in [0.1, 0.15) is 0 Å². The Labute approximate surface area is 156 Å². The van der Waals surface area contributed by atoms with Crippen LogP contribution in [-0.4, -0.2) is 5.78 Å². The zero-order valence-electron chi connectivity index (χ0n) is 12.6. The van der Waals surface area contributed by atoms with Gasteiger partial charge in [0.05, 0.1) is 0 Å². The van der Waals surface area contributed by atoms with E-state index in [1.807, 2.05) is 72.8 Å². The first-order valence-corrected chi connectivity index (χ1v) is 9.14. The minimum atomic E-state index is 0.0324. The van der Waals surface area contributed by atoms with Crippen LogP contribution in [0.15, 0.2) is 81.7 Å². The van der Waals surface area contributed by atoms with Crippen LogP contribution >= 0.6 is 31.9 Å². The monoisotopic (exact) mass is 438 g/mol. The van der Waals surface area contributed by atoms with Crippen LogP contribution in [0.2, 0.25) is 0 Å². The molecule has 24 heavy (non-hydrogen) atoms. The zero-order valence-corrected chi connectivity index (χ0v) is 15.8. The summed E-state index contributed by atoms with van der Waals surface area (Å²) in [6, 6.07) is 23.7. The van der Waals surface area contributed by atoms with Gasteiger partial charge >= 0.3 is 0 Å². The van der Waals surface area contributed by atoms with Crippen molar-refractivity contribution in [3.8, 4) is 0 Å². The average molecular weight is 440 g/mol. The number of rotatable bonds is 2. The lowest BCUT2D eigenvalue weighted by molar-refractivity contribution is 0.104. The van der Waals surface area contributed by atoms with Crippen molar-refractivity contribution in [2.45, 2.75) is 0 Å². The second-order valence-electron chi connectivity index (χ2n) is 5.62. The van der Waals surface area contributed by atoms with Gasteiger partial charge in [0.15, 0.2) is 5.78 Å². The summed E-state index contributed by atoms with van der Waals surface area (Å²) in [6.07, 6.45) is 0. The number of benzene rings is 4. The molecule has 0 unspecified atom stereocenters. The molecule has 0 saturated carbocycles. The minimum absolute atomic E-state index is 0.0324. The summed E-state index contributed by atoms with van der Waals surface area (Å²) in [6.45, 7) is 0. The number of carbonyl (C=O) groups is 1. The quantitative estimate of drug-likeness (QED) is 0.315. The van der Waals surface area contributed by atoms with Crippen molar-refractivity contribution >= 4 is 59.2 Å². The molecule has 1 nitrogen and oxygen atoms in total. The lowest BCUT2D eigenvalue weighted by atomic mass is 9.94. The molecular formula is C21H12Br2O. The lowest BCUT2D eigenvalue weighted by Gasteiger charge is -2.11. The van der Waals surface area contributed by atoms with Gasteiger partial charge in [-0.2, -0.15) is 0 Å². The van der Waals surface area contributed by atoms with Crippen LogP contribution in [0, 0.1) is 0 Å². The number of hydrogen-bond donors (Lipinski definition) is 0. The average Bonchev–Trinajstić information content (AvgIpc) is 2.61. The third-order valence-corrected chi connectivity index (χ3v) is 5.52. The number of fused-ring (bicyclic) bond motifs is 2. The van der Waals surface area contributed by atoms with Crippen molar-refractivity contribution < 1.29 is 4.79 Å². The van der Waals surface area contributed by atoms with Crippen LogP contribution in [0.5, 0.6) is 0 Å². The van der Waals surface area contributed by atoms with E-state index < -0.39 is 0 Å². The minimum Gasteiger partial charge on any atom is -0.289 e. The molecule has 0 saturated heterocycles. The van der Waals surface area contributed by atoms with Gasteiger partial charge in [0, 0.05) is 30.8 Å². The van der Waals surface area contributed by atoms with Crippen LogP contribution in [-0.2, 0) is 0 Å². The Bertz CT molecular complexity index is 1000. The lowest BCUT2D eigenvalue weighted by Crippen LogP contribution is -2.03. The smallest absolute Gasteiger partial charge is 0.194 e. The Morgan fingerprint density at radius 3 is 1.38 bits per heavy atom. The molecule has 0 amide bonds. The Morgan fingerprint density at radius 2 is 0.958 bits per heavy atom. The highest BCUT2D eigenvalue weighted by Gasteiger charge is 2.17. The summed E-state index contributed by atoms with van der Waals surface area (Å²) in [4.78, 5) is 13.3. The van der Waals surface area contributed by atoms with E-state index in [1.54, 1.807) is 0 Å². The van der Waals surface area contributed by atoms with Gasteiger partial charge in [-0.1, -0.05) is 92.5 Å². The summed E-state index contributed by atoms with van der Waals surface area (Å²) in [5.74, 6) is 0.0324. The first-order chi connectivity index (χ1) is 11.7. The fourth-order valence-corrected chi connectivity index (χ4v) is 4.30. The van der Waals surface area contributed by atoms with Gasteiger partial charge in [-0.15, -0.1) is 0 Å². The van der Waals surface area contributed by atoms with Crippen LogP contribution in [0.25, 0.3) is 21.5 Å². The molecule has 0 spiro atoms. The molecule has 0 atom stereocenters. The van der Waals surface area contributed by atoms with E-state index in [1.165, 1.54) is 0 Å². The Kier molecular flexibility index (Phi) is 3.99. The summed E-state index contributed by atoms with van der Waals surface area (Å²) in [5.41, 5.74) is 1.42. The fraction of sp³-hybridized carbons (Fsp3) is 0. The van der Waals surface area contributed by atoms with Gasteiger partial charge in [0.2, 0.25) is 0 Å². The maximum absolute atomic E-state index is 13.3. The van der Waals surface area contributed by atoms with Crippen molar-refractivity contribution in [1.29, 1.82) is 0 Å². The van der Waals surface area contributed by atoms with E-state index in [9.17, 15) is 4.79 Å². The highest BCUT2D eigenvalue weighted by Crippen LogP contribution is 2.32. The summed E-state index contributed by atoms with van der Waals surface area (Å²) in [7, 11) is 0. The van der Waals surface area contributed by atoms with E-state index in [4.69, 9.17) is 0 Å². The van der Waals surface area contributed by atoms with Gasteiger partial charge in [-0.05, 0) is 22.9 Å². The molecule has 0 aromatic heterocycles. The molecule has 116 valence electrons. The molecular weight excluding hydrogens is 428 g/mol. The number of halogens is 2. The van der Waals surface area contributed by atoms with E-state index >= 15 is 0 Å². The molecule has 0 heterocycles. The number of hydrogen-bond acceptors (Lipinski definition) is 1. The summed E-state index contributed by atoms with van der Waals surface area (Å²) in [5, 5.41) is 4.01. The summed E-state index contributed by atoms with van der Waals surface area (Å²) >= 11 is 7.18. The molecule has 0 fully saturated rings. The predicted molar refractivity (Wildman–Crippen MR) is 107 cm³/mol. The van der Waals surface area contributed by atoms with Crippen molar-refractivity contribution in [1.82, 2.24) is 0 Å². The largest absolute Gasteiger partial charge is 0.289 e. The maximum Gasteiger partial charge on any atom is 0.194 e. The van der Waals surface area contributed by atoms with Gasteiger partial charge in [-0.3, -0.25) is 4.79 Å². The molecule has 4 aromatic rings. The van der Waals surface area contributed by atoms with Crippen LogP contribution in [0.1, 0.15) is 15.9 Å². The van der Waals surface area contributed by atoms with Crippen molar-refractivity contribution in [3.63, 3.8) is 0 Å². The van der Waals surface area contributed by atoms with E-state index in [0.29, 0.717) is 11.1 Å². The first-order valence-electron chi connectivity index (χ1n) is 7.56. The van der Waals surface area contributed by atoms with Crippen LogP contribution in [0.4, 0.5) is 0 Å². The Hall–Kier alpha value is -1.97. The van der Waals surface area contributed by atoms with Crippen molar-refractivity contribution in [3.05, 3.63) is 92.9 Å². The maximum atomic E-state index is 13.3. The van der Waals surface area contributed by atoms with Gasteiger partial charge < -0.3 is 0 Å². The molecule has 0 radical (unpaired) electrons. The molecule has 4 rings (SSSR count). The molecule has 0 bridgehead atoms. The Balaban J connectivity index is 2.02. The predicted octanol–water partition coefficient (Wildman–Crippen LogP) is 6.75. The summed E-state index contributed by atoms with van der Waals surface area (Å²) < 4.78 is 1.87. The molecule has 4 aromatic carbocycles. The molecule has 0 aliphatic heterocycles.